The van der Waals surface area contributed by atoms with E-state index in [-0.39, 0.29) is 28.4 Å². The van der Waals surface area contributed by atoms with Crippen molar-refractivity contribution in [3.05, 3.63) is 58.6 Å². The third-order valence-corrected chi connectivity index (χ3v) is 7.08. The lowest BCUT2D eigenvalue weighted by atomic mass is 9.88. The molecule has 0 radical (unpaired) electrons. The highest BCUT2D eigenvalue weighted by atomic mass is 35.5. The Labute approximate surface area is 176 Å². The van der Waals surface area contributed by atoms with Crippen LogP contribution in [-0.2, 0) is 21.2 Å². The Morgan fingerprint density at radius 1 is 1.28 bits per heavy atom. The number of carbonyl (C=O) groups excluding carboxylic acids is 1. The molecule has 29 heavy (non-hydrogen) atoms. The summed E-state index contributed by atoms with van der Waals surface area (Å²) in [5.41, 5.74) is 2.34. The zero-order chi connectivity index (χ0) is 21.0. The van der Waals surface area contributed by atoms with Crippen LogP contribution >= 0.6 is 11.6 Å². The van der Waals surface area contributed by atoms with Gasteiger partial charge in [0, 0.05) is 7.05 Å². The maximum Gasteiger partial charge on any atom is 0.243 e. The van der Waals surface area contributed by atoms with Crippen LogP contribution in [-0.4, -0.2) is 38.8 Å². The molecule has 1 aliphatic carbocycles. The minimum atomic E-state index is -3.86. The van der Waals surface area contributed by atoms with Crippen molar-refractivity contribution in [3.63, 3.8) is 0 Å². The number of aryl methyl sites for hydroxylation is 1. The van der Waals surface area contributed by atoms with Crippen LogP contribution in [0.15, 0.2) is 47.4 Å². The number of rotatable bonds is 7. The number of sulfonamides is 1. The lowest BCUT2D eigenvalue weighted by molar-refractivity contribution is -0.122. The van der Waals surface area contributed by atoms with E-state index < -0.39 is 10.0 Å². The van der Waals surface area contributed by atoms with Crippen LogP contribution in [0.2, 0.25) is 5.02 Å². The van der Waals surface area contributed by atoms with Crippen molar-refractivity contribution in [2.24, 2.45) is 0 Å². The standard InChI is InChI=1S/C21H25ClN2O4S/c1-3-28-20-12-11-16(13-18(20)22)29(26,27)24(2)14-21(25)23-19-10-6-8-15-7-4-5-9-17(15)19/h4-5,7,9,11-13,19H,3,6,8,10,14H2,1-2H3,(H,23,25)/t19-/m1/s1. The van der Waals surface area contributed by atoms with E-state index in [1.807, 2.05) is 25.1 Å². The van der Waals surface area contributed by atoms with E-state index in [2.05, 4.69) is 11.4 Å². The smallest absolute Gasteiger partial charge is 0.243 e. The topological polar surface area (TPSA) is 75.7 Å². The minimum Gasteiger partial charge on any atom is -0.492 e. The van der Waals surface area contributed by atoms with Gasteiger partial charge in [-0.1, -0.05) is 35.9 Å². The Morgan fingerprint density at radius 3 is 2.76 bits per heavy atom. The molecule has 8 heteroatoms. The third kappa shape index (κ3) is 4.91. The van der Waals surface area contributed by atoms with Gasteiger partial charge in [-0.25, -0.2) is 8.42 Å². The molecule has 156 valence electrons. The number of amides is 1. The van der Waals surface area contributed by atoms with Crippen molar-refractivity contribution >= 4 is 27.5 Å². The number of hydrogen-bond donors (Lipinski definition) is 1. The number of likely N-dealkylation sites (N-methyl/N-ethyl adjacent to an activating group) is 1. The van der Waals surface area contributed by atoms with Crippen LogP contribution in [0.4, 0.5) is 0 Å². The van der Waals surface area contributed by atoms with E-state index in [4.69, 9.17) is 16.3 Å². The Balaban J connectivity index is 1.68. The molecule has 1 aliphatic rings. The molecule has 0 aromatic heterocycles. The van der Waals surface area contributed by atoms with Gasteiger partial charge in [0.15, 0.2) is 0 Å². The van der Waals surface area contributed by atoms with Crippen LogP contribution in [0, 0.1) is 0 Å². The van der Waals surface area contributed by atoms with Crippen LogP contribution in [0.1, 0.15) is 36.9 Å². The van der Waals surface area contributed by atoms with Gasteiger partial charge in [0.2, 0.25) is 15.9 Å². The van der Waals surface area contributed by atoms with Crippen molar-refractivity contribution in [2.45, 2.75) is 37.1 Å². The van der Waals surface area contributed by atoms with Gasteiger partial charge in [-0.2, -0.15) is 4.31 Å². The van der Waals surface area contributed by atoms with Gasteiger partial charge in [0.25, 0.3) is 0 Å². The Hall–Kier alpha value is -2.09. The first-order chi connectivity index (χ1) is 13.8. The molecule has 6 nitrogen and oxygen atoms in total. The highest BCUT2D eigenvalue weighted by molar-refractivity contribution is 7.89. The molecule has 0 spiro atoms. The van der Waals surface area contributed by atoms with Gasteiger partial charge in [-0.15, -0.1) is 0 Å². The molecule has 0 aliphatic heterocycles. The van der Waals surface area contributed by atoms with Gasteiger partial charge in [0.1, 0.15) is 5.75 Å². The van der Waals surface area contributed by atoms with Crippen molar-refractivity contribution < 1.29 is 17.9 Å². The summed E-state index contributed by atoms with van der Waals surface area (Å²) in [5.74, 6) is 0.0827. The first-order valence-electron chi connectivity index (χ1n) is 9.58. The molecule has 1 atom stereocenters. The van der Waals surface area contributed by atoms with Crippen molar-refractivity contribution in [2.75, 3.05) is 20.2 Å². The zero-order valence-corrected chi connectivity index (χ0v) is 18.1. The summed E-state index contributed by atoms with van der Waals surface area (Å²) in [6.07, 6.45) is 2.82. The second-order valence-electron chi connectivity index (χ2n) is 7.00. The fourth-order valence-electron chi connectivity index (χ4n) is 3.53. The van der Waals surface area contributed by atoms with E-state index in [9.17, 15) is 13.2 Å². The highest BCUT2D eigenvalue weighted by Crippen LogP contribution is 2.30. The summed E-state index contributed by atoms with van der Waals surface area (Å²) in [7, 11) is -2.47. The average Bonchev–Trinajstić information content (AvgIpc) is 2.69. The number of halogens is 1. The predicted molar refractivity (Wildman–Crippen MR) is 113 cm³/mol. The molecule has 3 rings (SSSR count). The lowest BCUT2D eigenvalue weighted by Gasteiger charge is -2.27. The number of fused-ring (bicyclic) bond motifs is 1. The molecule has 2 aromatic carbocycles. The van der Waals surface area contributed by atoms with Crippen molar-refractivity contribution in [1.29, 1.82) is 0 Å². The Morgan fingerprint density at radius 2 is 2.03 bits per heavy atom. The third-order valence-electron chi connectivity index (χ3n) is 4.98. The van der Waals surface area contributed by atoms with Crippen LogP contribution in [0.3, 0.4) is 0 Å². The van der Waals surface area contributed by atoms with Crippen LogP contribution in [0.25, 0.3) is 0 Å². The predicted octanol–water partition coefficient (Wildman–Crippen LogP) is 3.55. The molecule has 0 bridgehead atoms. The normalized spacial score (nSPS) is 16.3. The SMILES string of the molecule is CCOc1ccc(S(=O)(=O)N(C)CC(=O)N[C@@H]2CCCc3ccccc32)cc1Cl. The Bertz CT molecular complexity index is 994. The zero-order valence-electron chi connectivity index (χ0n) is 16.5. The summed E-state index contributed by atoms with van der Waals surface area (Å²) in [6, 6.07) is 12.2. The van der Waals surface area contributed by atoms with Crippen LogP contribution < -0.4 is 10.1 Å². The molecule has 0 saturated carbocycles. The quantitative estimate of drug-likeness (QED) is 0.720. The van der Waals surface area contributed by atoms with E-state index in [1.54, 1.807) is 0 Å². The van der Waals surface area contributed by atoms with Crippen LogP contribution in [0.5, 0.6) is 5.75 Å². The number of hydrogen-bond acceptors (Lipinski definition) is 4. The molecule has 0 fully saturated rings. The fraction of sp³-hybridized carbons (Fsp3) is 0.381. The second kappa shape index (κ2) is 9.15. The van der Waals surface area contributed by atoms with E-state index >= 15 is 0 Å². The maximum absolute atomic E-state index is 12.8. The van der Waals surface area contributed by atoms with Crippen molar-refractivity contribution in [3.8, 4) is 5.75 Å². The summed E-state index contributed by atoms with van der Waals surface area (Å²) in [4.78, 5) is 12.6. The summed E-state index contributed by atoms with van der Waals surface area (Å²) < 4.78 is 32.0. The first kappa shape index (κ1) is 21.6. The van der Waals surface area contributed by atoms with E-state index in [1.165, 1.54) is 30.8 Å². The van der Waals surface area contributed by atoms with Gasteiger partial charge in [-0.05, 0) is 55.5 Å². The highest BCUT2D eigenvalue weighted by Gasteiger charge is 2.26. The summed E-state index contributed by atoms with van der Waals surface area (Å²) in [5, 5.41) is 3.19. The average molecular weight is 437 g/mol. The molecule has 2 aromatic rings. The fourth-order valence-corrected chi connectivity index (χ4v) is 4.98. The van der Waals surface area contributed by atoms with Gasteiger partial charge < -0.3 is 10.1 Å². The molecule has 1 amide bonds. The molecular formula is C21H25ClN2O4S. The molecular weight excluding hydrogens is 412 g/mol. The number of carbonyl (C=O) groups is 1. The molecule has 0 saturated heterocycles. The first-order valence-corrected chi connectivity index (χ1v) is 11.4. The number of nitrogens with one attached hydrogen (secondary N) is 1. The summed E-state index contributed by atoms with van der Waals surface area (Å²) >= 11 is 6.11. The summed E-state index contributed by atoms with van der Waals surface area (Å²) in [6.45, 7) is 1.97. The lowest BCUT2D eigenvalue weighted by Crippen LogP contribution is -2.40. The molecule has 0 unspecified atom stereocenters. The molecule has 1 N–H and O–H groups in total. The van der Waals surface area contributed by atoms with Gasteiger partial charge in [0.05, 0.1) is 29.1 Å². The van der Waals surface area contributed by atoms with E-state index in [0.29, 0.717) is 12.4 Å². The molecule has 0 heterocycles. The largest absolute Gasteiger partial charge is 0.492 e. The number of nitrogens with zero attached hydrogens (tertiary/aromatic N) is 1. The van der Waals surface area contributed by atoms with Gasteiger partial charge >= 0.3 is 0 Å². The second-order valence-corrected chi connectivity index (χ2v) is 9.45. The van der Waals surface area contributed by atoms with Gasteiger partial charge in [-0.3, -0.25) is 4.79 Å². The minimum absolute atomic E-state index is 0.0178. The maximum atomic E-state index is 12.8. The number of benzene rings is 2. The van der Waals surface area contributed by atoms with E-state index in [0.717, 1.165) is 29.1 Å². The Kier molecular flexibility index (Phi) is 6.82. The monoisotopic (exact) mass is 436 g/mol. The van der Waals surface area contributed by atoms with Crippen molar-refractivity contribution in [1.82, 2.24) is 9.62 Å². The number of ether oxygens (including phenoxy) is 1.